The van der Waals surface area contributed by atoms with E-state index < -0.39 is 0 Å². The number of ether oxygens (including phenoxy) is 1. The highest BCUT2D eigenvalue weighted by Gasteiger charge is 1.96. The van der Waals surface area contributed by atoms with Crippen molar-refractivity contribution in [3.8, 4) is 0 Å². The number of hydrogen-bond acceptors (Lipinski definition) is 2. The first kappa shape index (κ1) is 13.4. The first-order chi connectivity index (χ1) is 6.52. The molecule has 14 heavy (non-hydrogen) atoms. The van der Waals surface area contributed by atoms with Gasteiger partial charge >= 0.3 is 0 Å². The SMILES string of the molecule is C=C(C)CCOCC(=C)CNC(C)C. The van der Waals surface area contributed by atoms with Crippen molar-refractivity contribution in [1.82, 2.24) is 5.32 Å². The molecule has 0 aromatic heterocycles. The van der Waals surface area contributed by atoms with Crippen LogP contribution in [0.3, 0.4) is 0 Å². The molecule has 0 amide bonds. The molecule has 0 atom stereocenters. The molecule has 0 bridgehead atoms. The van der Waals surface area contributed by atoms with Crippen LogP contribution in [0, 0.1) is 0 Å². The molecule has 82 valence electrons. The van der Waals surface area contributed by atoms with Crippen LogP contribution in [0.25, 0.3) is 0 Å². The van der Waals surface area contributed by atoms with Gasteiger partial charge in [0.15, 0.2) is 0 Å². The first-order valence-corrected chi connectivity index (χ1v) is 5.14. The largest absolute Gasteiger partial charge is 0.377 e. The Labute approximate surface area is 88.0 Å². The predicted octanol–water partition coefficient (Wildman–Crippen LogP) is 2.52. The summed E-state index contributed by atoms with van der Waals surface area (Å²) in [6, 6.07) is 0.502. The second-order valence-corrected chi connectivity index (χ2v) is 4.05. The molecular weight excluding hydrogens is 174 g/mol. The molecule has 0 aromatic carbocycles. The normalized spacial score (nSPS) is 10.6. The fraction of sp³-hybridized carbons (Fsp3) is 0.667. The number of hydrogen-bond donors (Lipinski definition) is 1. The van der Waals surface area contributed by atoms with Crippen molar-refractivity contribution in [3.05, 3.63) is 24.3 Å². The van der Waals surface area contributed by atoms with Crippen molar-refractivity contribution >= 4 is 0 Å². The predicted molar refractivity (Wildman–Crippen MR) is 62.5 cm³/mol. The summed E-state index contributed by atoms with van der Waals surface area (Å²) in [6.07, 6.45) is 0.935. The fourth-order valence-electron chi connectivity index (χ4n) is 0.862. The Morgan fingerprint density at radius 1 is 1.36 bits per heavy atom. The standard InChI is InChI=1S/C12H23NO/c1-10(2)6-7-14-9-12(5)8-13-11(3)4/h11,13H,1,5-9H2,2-4H3. The minimum absolute atomic E-state index is 0.502. The maximum atomic E-state index is 5.44. The molecule has 0 aromatic rings. The molecular formula is C12H23NO. The maximum absolute atomic E-state index is 5.44. The zero-order valence-corrected chi connectivity index (χ0v) is 9.73. The minimum atomic E-state index is 0.502. The molecule has 0 aliphatic heterocycles. The maximum Gasteiger partial charge on any atom is 0.0686 e. The van der Waals surface area contributed by atoms with Gasteiger partial charge in [-0.15, -0.1) is 6.58 Å². The first-order valence-electron chi connectivity index (χ1n) is 5.14. The summed E-state index contributed by atoms with van der Waals surface area (Å²) in [5.41, 5.74) is 2.26. The highest BCUT2D eigenvalue weighted by Crippen LogP contribution is 1.97. The van der Waals surface area contributed by atoms with Gasteiger partial charge in [-0.3, -0.25) is 0 Å². The van der Waals surface area contributed by atoms with E-state index in [2.05, 4.69) is 32.3 Å². The number of rotatable bonds is 8. The minimum Gasteiger partial charge on any atom is -0.377 e. The van der Waals surface area contributed by atoms with E-state index in [0.29, 0.717) is 12.6 Å². The Hall–Kier alpha value is -0.600. The van der Waals surface area contributed by atoms with Gasteiger partial charge in [-0.1, -0.05) is 26.0 Å². The smallest absolute Gasteiger partial charge is 0.0686 e. The van der Waals surface area contributed by atoms with Gasteiger partial charge in [-0.2, -0.15) is 0 Å². The molecule has 0 unspecified atom stereocenters. The van der Waals surface area contributed by atoms with E-state index in [4.69, 9.17) is 4.74 Å². The zero-order valence-electron chi connectivity index (χ0n) is 9.73. The third-order valence-corrected chi connectivity index (χ3v) is 1.74. The van der Waals surface area contributed by atoms with E-state index in [1.165, 1.54) is 0 Å². The zero-order chi connectivity index (χ0) is 11.0. The van der Waals surface area contributed by atoms with E-state index in [1.807, 2.05) is 6.92 Å². The second kappa shape index (κ2) is 7.77. The Kier molecular flexibility index (Phi) is 7.44. The molecule has 0 saturated carbocycles. The molecule has 2 nitrogen and oxygen atoms in total. The Morgan fingerprint density at radius 3 is 2.50 bits per heavy atom. The van der Waals surface area contributed by atoms with Crippen LogP contribution in [0.15, 0.2) is 24.3 Å². The van der Waals surface area contributed by atoms with Gasteiger partial charge in [-0.05, 0) is 18.9 Å². The molecule has 0 fully saturated rings. The molecule has 0 heterocycles. The van der Waals surface area contributed by atoms with Crippen molar-refractivity contribution in [1.29, 1.82) is 0 Å². The summed E-state index contributed by atoms with van der Waals surface area (Å²) in [5.74, 6) is 0. The highest BCUT2D eigenvalue weighted by molar-refractivity contribution is 4.97. The van der Waals surface area contributed by atoms with Gasteiger partial charge in [0.2, 0.25) is 0 Å². The molecule has 0 aliphatic carbocycles. The van der Waals surface area contributed by atoms with Gasteiger partial charge < -0.3 is 10.1 Å². The summed E-state index contributed by atoms with van der Waals surface area (Å²) in [4.78, 5) is 0. The third kappa shape index (κ3) is 9.49. The van der Waals surface area contributed by atoms with E-state index in [-0.39, 0.29) is 0 Å². The molecule has 0 saturated heterocycles. The lowest BCUT2D eigenvalue weighted by Crippen LogP contribution is -2.25. The highest BCUT2D eigenvalue weighted by atomic mass is 16.5. The molecule has 0 aliphatic rings. The van der Waals surface area contributed by atoms with Crippen molar-refractivity contribution < 1.29 is 4.74 Å². The molecule has 0 rings (SSSR count). The number of nitrogens with one attached hydrogen (secondary N) is 1. The Balaban J connectivity index is 3.31. The van der Waals surface area contributed by atoms with Gasteiger partial charge in [-0.25, -0.2) is 0 Å². The summed E-state index contributed by atoms with van der Waals surface area (Å²) < 4.78 is 5.44. The van der Waals surface area contributed by atoms with Crippen LogP contribution >= 0.6 is 0 Å². The molecule has 2 heteroatoms. The Morgan fingerprint density at radius 2 is 2.00 bits per heavy atom. The lowest BCUT2D eigenvalue weighted by atomic mass is 10.2. The van der Waals surface area contributed by atoms with Crippen LogP contribution in [0.4, 0.5) is 0 Å². The van der Waals surface area contributed by atoms with Crippen molar-refractivity contribution in [2.24, 2.45) is 0 Å². The van der Waals surface area contributed by atoms with Crippen LogP contribution in [0.2, 0.25) is 0 Å². The molecule has 0 radical (unpaired) electrons. The quantitative estimate of drug-likeness (QED) is 0.477. The van der Waals surface area contributed by atoms with Gasteiger partial charge in [0.05, 0.1) is 13.2 Å². The van der Waals surface area contributed by atoms with Gasteiger partial charge in [0.25, 0.3) is 0 Å². The molecule has 0 spiro atoms. The summed E-state index contributed by atoms with van der Waals surface area (Å²) in [5, 5.41) is 3.30. The van der Waals surface area contributed by atoms with Crippen LogP contribution in [0.5, 0.6) is 0 Å². The van der Waals surface area contributed by atoms with E-state index in [0.717, 1.165) is 30.7 Å². The van der Waals surface area contributed by atoms with Crippen molar-refractivity contribution in [3.63, 3.8) is 0 Å². The van der Waals surface area contributed by atoms with Crippen LogP contribution in [-0.4, -0.2) is 25.8 Å². The molecule has 1 N–H and O–H groups in total. The Bertz CT molecular complexity index is 185. The van der Waals surface area contributed by atoms with Crippen LogP contribution in [0.1, 0.15) is 27.2 Å². The summed E-state index contributed by atoms with van der Waals surface area (Å²) >= 11 is 0. The van der Waals surface area contributed by atoms with Crippen molar-refractivity contribution in [2.45, 2.75) is 33.2 Å². The van der Waals surface area contributed by atoms with Gasteiger partial charge in [0, 0.05) is 12.6 Å². The van der Waals surface area contributed by atoms with E-state index in [9.17, 15) is 0 Å². The third-order valence-electron chi connectivity index (χ3n) is 1.74. The second-order valence-electron chi connectivity index (χ2n) is 4.05. The van der Waals surface area contributed by atoms with Crippen LogP contribution in [-0.2, 0) is 4.74 Å². The topological polar surface area (TPSA) is 21.3 Å². The lowest BCUT2D eigenvalue weighted by molar-refractivity contribution is 0.158. The van der Waals surface area contributed by atoms with E-state index in [1.54, 1.807) is 0 Å². The van der Waals surface area contributed by atoms with E-state index >= 15 is 0 Å². The lowest BCUT2D eigenvalue weighted by Gasteiger charge is -2.10. The average molecular weight is 197 g/mol. The fourth-order valence-corrected chi connectivity index (χ4v) is 0.862. The monoisotopic (exact) mass is 197 g/mol. The summed E-state index contributed by atoms with van der Waals surface area (Å²) in [6.45, 7) is 16.2. The summed E-state index contributed by atoms with van der Waals surface area (Å²) in [7, 11) is 0. The average Bonchev–Trinajstić information content (AvgIpc) is 2.08. The van der Waals surface area contributed by atoms with Crippen LogP contribution < -0.4 is 5.32 Å². The van der Waals surface area contributed by atoms with Gasteiger partial charge in [0.1, 0.15) is 0 Å². The van der Waals surface area contributed by atoms with Crippen molar-refractivity contribution in [2.75, 3.05) is 19.8 Å².